The number of carbonyl (C=O) groups excluding carboxylic acids is 1. The average Bonchev–Trinajstić information content (AvgIpc) is 2.61. The molecule has 0 bridgehead atoms. The number of carbonyl (C=O) groups is 1. The van der Waals surface area contributed by atoms with Gasteiger partial charge in [0.05, 0.1) is 11.9 Å². The van der Waals surface area contributed by atoms with E-state index in [-0.39, 0.29) is 5.84 Å². The molecule has 1 heterocycles. The molecule has 0 aliphatic heterocycles. The second-order valence-corrected chi connectivity index (χ2v) is 7.76. The summed E-state index contributed by atoms with van der Waals surface area (Å²) in [6.45, 7) is 1.75. The van der Waals surface area contributed by atoms with Gasteiger partial charge in [-0.25, -0.2) is 4.99 Å². The zero-order valence-electron chi connectivity index (χ0n) is 14.1. The molecular formula is C17H15Cl3N6O. The van der Waals surface area contributed by atoms with Crippen molar-refractivity contribution >= 4 is 52.2 Å². The molecule has 4 N–H and O–H groups in total. The van der Waals surface area contributed by atoms with Gasteiger partial charge in [0.1, 0.15) is 0 Å². The normalized spacial score (nSPS) is 14.0. The van der Waals surface area contributed by atoms with E-state index in [2.05, 4.69) is 20.6 Å². The number of benzene rings is 1. The van der Waals surface area contributed by atoms with Gasteiger partial charge in [-0.3, -0.25) is 20.8 Å². The minimum Gasteiger partial charge on any atom is -0.324 e. The van der Waals surface area contributed by atoms with Gasteiger partial charge >= 0.3 is 0 Å². The number of rotatable bonds is 4. The summed E-state index contributed by atoms with van der Waals surface area (Å²) in [6.07, 6.45) is 4.64. The van der Waals surface area contributed by atoms with Crippen molar-refractivity contribution in [2.75, 3.05) is 0 Å². The highest BCUT2D eigenvalue weighted by Crippen LogP contribution is 2.36. The van der Waals surface area contributed by atoms with Crippen molar-refractivity contribution < 1.29 is 4.79 Å². The number of pyridine rings is 1. The maximum atomic E-state index is 12.7. The molecule has 0 saturated heterocycles. The molecule has 0 unspecified atom stereocenters. The first-order chi connectivity index (χ1) is 12.7. The van der Waals surface area contributed by atoms with E-state index in [1.165, 1.54) is 6.20 Å². The highest BCUT2D eigenvalue weighted by Gasteiger charge is 2.51. The number of nitrogens with two attached hydrogens (primary N) is 1. The zero-order chi connectivity index (χ0) is 20.1. The van der Waals surface area contributed by atoms with E-state index in [0.29, 0.717) is 16.8 Å². The maximum absolute atomic E-state index is 12.7. The lowest BCUT2D eigenvalue weighted by Gasteiger charge is -2.36. The van der Waals surface area contributed by atoms with Crippen molar-refractivity contribution in [1.29, 1.82) is 5.26 Å². The third-order valence-electron chi connectivity index (χ3n) is 3.58. The number of aromatic nitrogens is 1. The van der Waals surface area contributed by atoms with Crippen LogP contribution in [0.1, 0.15) is 15.9 Å². The smallest absolute Gasteiger partial charge is 0.253 e. The lowest BCUT2D eigenvalue weighted by molar-refractivity contribution is 0.0923. The molecule has 0 aliphatic rings. The highest BCUT2D eigenvalue weighted by molar-refractivity contribution is 6.69. The Morgan fingerprint density at radius 3 is 2.52 bits per heavy atom. The summed E-state index contributed by atoms with van der Waals surface area (Å²) < 4.78 is -2.24. The fraction of sp³-hybridized carbons (Fsp3) is 0.176. The number of amidine groups is 1. The quantitative estimate of drug-likeness (QED) is 0.174. The number of nitrogens with zero attached hydrogens (tertiary/aromatic N) is 3. The van der Waals surface area contributed by atoms with Crippen LogP contribution in [0.2, 0.25) is 0 Å². The number of aryl methyl sites for hydroxylation is 1. The monoisotopic (exact) mass is 424 g/mol. The first-order valence-electron chi connectivity index (χ1n) is 7.57. The lowest BCUT2D eigenvalue weighted by Crippen LogP contribution is -2.71. The first kappa shape index (κ1) is 20.9. The van der Waals surface area contributed by atoms with E-state index in [9.17, 15) is 4.79 Å². The van der Waals surface area contributed by atoms with Gasteiger partial charge in [0.25, 0.3) is 5.91 Å². The Labute approximate surface area is 171 Å². The molecule has 27 heavy (non-hydrogen) atoms. The van der Waals surface area contributed by atoms with Gasteiger partial charge in [0.15, 0.2) is 17.7 Å². The topological polar surface area (TPSA) is 116 Å². The molecule has 1 atom stereocenters. The summed E-state index contributed by atoms with van der Waals surface area (Å²) in [6, 6.07) is 10.0. The zero-order valence-corrected chi connectivity index (χ0v) is 16.3. The van der Waals surface area contributed by atoms with Crippen LogP contribution in [-0.4, -0.2) is 26.2 Å². The van der Waals surface area contributed by atoms with Crippen molar-refractivity contribution in [2.24, 2.45) is 10.7 Å². The number of halogens is 3. The van der Waals surface area contributed by atoms with E-state index in [4.69, 9.17) is 45.8 Å². The number of alkyl halides is 3. The number of nitriles is 1. The minimum atomic E-state index is -2.24. The number of aliphatic imine (C=N–C) groups is 1. The van der Waals surface area contributed by atoms with Gasteiger partial charge < -0.3 is 5.32 Å². The van der Waals surface area contributed by atoms with Crippen LogP contribution in [-0.2, 0) is 0 Å². The van der Waals surface area contributed by atoms with Crippen molar-refractivity contribution in [3.8, 4) is 6.19 Å². The van der Waals surface area contributed by atoms with E-state index >= 15 is 0 Å². The van der Waals surface area contributed by atoms with Gasteiger partial charge in [0.2, 0.25) is 3.79 Å². The molecule has 0 saturated carbocycles. The Morgan fingerprint density at radius 2 is 1.96 bits per heavy atom. The van der Waals surface area contributed by atoms with Crippen LogP contribution in [0.4, 0.5) is 5.69 Å². The highest BCUT2D eigenvalue weighted by atomic mass is 35.6. The van der Waals surface area contributed by atoms with E-state index in [1.54, 1.807) is 55.7 Å². The van der Waals surface area contributed by atoms with E-state index < -0.39 is 15.4 Å². The third-order valence-corrected chi connectivity index (χ3v) is 4.48. The number of amides is 1. The SMILES string of the molecule is Cc1ccccc1C(=O)N[C@](N)(C(=Nc1cccnc1)NC#N)C(Cl)(Cl)Cl. The Morgan fingerprint density at radius 1 is 1.26 bits per heavy atom. The summed E-state index contributed by atoms with van der Waals surface area (Å²) in [5.41, 5.74) is 5.48. The summed E-state index contributed by atoms with van der Waals surface area (Å²) in [5.74, 6) is -0.861. The third kappa shape index (κ3) is 4.87. The van der Waals surface area contributed by atoms with Gasteiger partial charge in [-0.05, 0) is 30.7 Å². The molecule has 2 aromatic rings. The molecule has 0 radical (unpaired) electrons. The van der Waals surface area contributed by atoms with Crippen molar-refractivity contribution in [1.82, 2.24) is 15.6 Å². The summed E-state index contributed by atoms with van der Waals surface area (Å²) >= 11 is 18.2. The van der Waals surface area contributed by atoms with E-state index in [1.807, 2.05) is 0 Å². The maximum Gasteiger partial charge on any atom is 0.253 e. The van der Waals surface area contributed by atoms with Crippen molar-refractivity contribution in [3.05, 3.63) is 59.9 Å². The largest absolute Gasteiger partial charge is 0.324 e. The fourth-order valence-corrected chi connectivity index (χ4v) is 2.57. The van der Waals surface area contributed by atoms with Crippen molar-refractivity contribution in [2.45, 2.75) is 16.4 Å². The van der Waals surface area contributed by atoms with Gasteiger partial charge in [-0.2, -0.15) is 5.26 Å². The molecular weight excluding hydrogens is 411 g/mol. The predicted molar refractivity (Wildman–Crippen MR) is 106 cm³/mol. The molecule has 1 aromatic heterocycles. The lowest BCUT2D eigenvalue weighted by atomic mass is 10.1. The molecule has 7 nitrogen and oxygen atoms in total. The standard InChI is InChI=1S/C17H15Cl3N6O/c1-11-5-2-3-7-13(11)14(27)26-16(22,17(18,19)20)15(24-10-21)25-12-6-4-8-23-9-12/h2-9H,22H2,1H3,(H,24,25)(H,26,27)/t16-/m1/s1. The van der Waals surface area contributed by atoms with Crippen LogP contribution >= 0.6 is 34.8 Å². The summed E-state index contributed by atoms with van der Waals surface area (Å²) in [7, 11) is 0. The van der Waals surface area contributed by atoms with Crippen molar-refractivity contribution in [3.63, 3.8) is 0 Å². The molecule has 140 valence electrons. The molecule has 10 heteroatoms. The Kier molecular flexibility index (Phi) is 6.63. The van der Waals surface area contributed by atoms with Crippen LogP contribution in [0.15, 0.2) is 53.8 Å². The van der Waals surface area contributed by atoms with Gasteiger partial charge in [0, 0.05) is 11.8 Å². The van der Waals surface area contributed by atoms with Crippen LogP contribution in [0.25, 0.3) is 0 Å². The molecule has 1 aromatic carbocycles. The average molecular weight is 426 g/mol. The summed E-state index contributed by atoms with van der Waals surface area (Å²) in [4.78, 5) is 20.8. The minimum absolute atomic E-state index is 0.264. The number of hydrogen-bond donors (Lipinski definition) is 3. The van der Waals surface area contributed by atoms with Crippen LogP contribution < -0.4 is 16.4 Å². The van der Waals surface area contributed by atoms with E-state index in [0.717, 1.165) is 0 Å². The Hall–Kier alpha value is -2.37. The molecule has 0 fully saturated rings. The second-order valence-electron chi connectivity index (χ2n) is 5.48. The van der Waals surface area contributed by atoms with Crippen LogP contribution in [0.5, 0.6) is 0 Å². The number of nitrogens with one attached hydrogen (secondary N) is 2. The predicted octanol–water partition coefficient (Wildman–Crippen LogP) is 2.95. The van der Waals surface area contributed by atoms with Crippen LogP contribution in [0, 0.1) is 18.4 Å². The summed E-state index contributed by atoms with van der Waals surface area (Å²) in [5, 5.41) is 13.8. The molecule has 0 spiro atoms. The Balaban J connectivity index is 2.51. The first-order valence-corrected chi connectivity index (χ1v) is 8.70. The molecule has 2 rings (SSSR count). The van der Waals surface area contributed by atoms with Gasteiger partial charge in [-0.1, -0.05) is 53.0 Å². The second kappa shape index (κ2) is 8.55. The molecule has 1 amide bonds. The Bertz CT molecular complexity index is 892. The van der Waals surface area contributed by atoms with Gasteiger partial charge in [-0.15, -0.1) is 0 Å². The molecule has 0 aliphatic carbocycles. The number of hydrogen-bond acceptors (Lipinski definition) is 5. The van der Waals surface area contributed by atoms with Crippen LogP contribution in [0.3, 0.4) is 0 Å². The fourth-order valence-electron chi connectivity index (χ4n) is 2.16.